The number of hydrogen-bond donors (Lipinski definition) is 1. The quantitative estimate of drug-likeness (QED) is 0.872. The van der Waals surface area contributed by atoms with Crippen LogP contribution in [0.4, 0.5) is 0 Å². The van der Waals surface area contributed by atoms with Crippen LogP contribution in [0, 0.1) is 4.77 Å². The maximum atomic E-state index is 5.65. The molecule has 3 rings (SSSR count). The number of pyridine rings is 1. The Kier molecular flexibility index (Phi) is 3.70. The highest BCUT2D eigenvalue weighted by Crippen LogP contribution is 2.20. The van der Waals surface area contributed by atoms with Gasteiger partial charge >= 0.3 is 0 Å². The maximum absolute atomic E-state index is 5.65. The van der Waals surface area contributed by atoms with Gasteiger partial charge in [-0.05, 0) is 43.6 Å². The van der Waals surface area contributed by atoms with Gasteiger partial charge in [0, 0.05) is 31.1 Å². The average Bonchev–Trinajstić information content (AvgIpc) is 3.07. The van der Waals surface area contributed by atoms with Gasteiger partial charge in [-0.25, -0.2) is 0 Å². The molecule has 2 aromatic heterocycles. The van der Waals surface area contributed by atoms with Crippen molar-refractivity contribution in [1.82, 2.24) is 19.7 Å². The summed E-state index contributed by atoms with van der Waals surface area (Å²) in [5, 5.41) is 7.17. The molecular formula is C13H16N4OS. The van der Waals surface area contributed by atoms with E-state index >= 15 is 0 Å². The zero-order valence-corrected chi connectivity index (χ0v) is 11.4. The summed E-state index contributed by atoms with van der Waals surface area (Å²) in [6.07, 6.45) is 7.18. The van der Waals surface area contributed by atoms with Gasteiger partial charge in [-0.2, -0.15) is 5.10 Å². The van der Waals surface area contributed by atoms with Crippen molar-refractivity contribution in [2.45, 2.75) is 31.9 Å². The van der Waals surface area contributed by atoms with Gasteiger partial charge < -0.3 is 9.30 Å². The number of hydrogen-bond acceptors (Lipinski definition) is 4. The monoisotopic (exact) mass is 276 g/mol. The van der Waals surface area contributed by atoms with E-state index < -0.39 is 0 Å². The van der Waals surface area contributed by atoms with Crippen LogP contribution in [0.3, 0.4) is 0 Å². The Hall–Kier alpha value is -1.53. The standard InChI is InChI=1S/C13H16N4OS/c19-13-16-15-12(10-3-6-14-7-4-10)17(13)8-5-11-2-1-9-18-11/h3-4,6-7,11H,1-2,5,8-9H2,(H,16,19). The van der Waals surface area contributed by atoms with Gasteiger partial charge in [0.2, 0.25) is 0 Å². The Labute approximate surface area is 116 Å². The van der Waals surface area contributed by atoms with E-state index in [1.807, 2.05) is 16.7 Å². The molecule has 1 atom stereocenters. The summed E-state index contributed by atoms with van der Waals surface area (Å²) in [6.45, 7) is 1.72. The third-order valence-corrected chi connectivity index (χ3v) is 3.71. The minimum absolute atomic E-state index is 0.363. The van der Waals surface area contributed by atoms with Gasteiger partial charge in [0.25, 0.3) is 0 Å². The molecule has 1 aliphatic rings. The molecule has 1 fully saturated rings. The SMILES string of the molecule is S=c1[nH]nc(-c2ccncc2)n1CCC1CCCO1. The number of H-pyrrole nitrogens is 1. The van der Waals surface area contributed by atoms with E-state index in [0.717, 1.165) is 37.4 Å². The lowest BCUT2D eigenvalue weighted by Gasteiger charge is -2.11. The van der Waals surface area contributed by atoms with E-state index in [0.29, 0.717) is 10.9 Å². The molecule has 0 amide bonds. The van der Waals surface area contributed by atoms with Crippen LogP contribution in [0.2, 0.25) is 0 Å². The van der Waals surface area contributed by atoms with Crippen LogP contribution in [0.1, 0.15) is 19.3 Å². The fourth-order valence-corrected chi connectivity index (χ4v) is 2.61. The first-order valence-corrected chi connectivity index (χ1v) is 6.92. The van der Waals surface area contributed by atoms with E-state index in [2.05, 4.69) is 15.2 Å². The molecule has 5 nitrogen and oxygen atoms in total. The third-order valence-electron chi connectivity index (χ3n) is 3.40. The smallest absolute Gasteiger partial charge is 0.195 e. The van der Waals surface area contributed by atoms with Crippen molar-refractivity contribution in [2.24, 2.45) is 0 Å². The molecule has 0 bridgehead atoms. The number of ether oxygens (including phenoxy) is 1. The van der Waals surface area contributed by atoms with Crippen LogP contribution < -0.4 is 0 Å². The second-order valence-corrected chi connectivity index (χ2v) is 5.05. The van der Waals surface area contributed by atoms with E-state index in [1.165, 1.54) is 6.42 Å². The van der Waals surface area contributed by atoms with Crippen molar-refractivity contribution in [3.05, 3.63) is 29.3 Å². The third kappa shape index (κ3) is 2.74. The molecule has 0 saturated carbocycles. The van der Waals surface area contributed by atoms with Gasteiger partial charge in [-0.1, -0.05) is 0 Å². The molecule has 1 saturated heterocycles. The Morgan fingerprint density at radius 3 is 3.00 bits per heavy atom. The minimum Gasteiger partial charge on any atom is -0.378 e. The molecule has 0 aromatic carbocycles. The van der Waals surface area contributed by atoms with Crippen LogP contribution in [-0.4, -0.2) is 32.5 Å². The van der Waals surface area contributed by atoms with E-state index in [1.54, 1.807) is 12.4 Å². The van der Waals surface area contributed by atoms with Crippen molar-refractivity contribution in [2.75, 3.05) is 6.61 Å². The first-order valence-electron chi connectivity index (χ1n) is 6.52. The molecule has 6 heteroatoms. The normalized spacial score (nSPS) is 18.8. The Morgan fingerprint density at radius 1 is 1.42 bits per heavy atom. The lowest BCUT2D eigenvalue weighted by atomic mass is 10.2. The van der Waals surface area contributed by atoms with Crippen LogP contribution in [-0.2, 0) is 11.3 Å². The Balaban J connectivity index is 1.80. The maximum Gasteiger partial charge on any atom is 0.195 e. The molecule has 2 aromatic rings. The second kappa shape index (κ2) is 5.63. The molecule has 0 aliphatic carbocycles. The highest BCUT2D eigenvalue weighted by molar-refractivity contribution is 7.71. The zero-order chi connectivity index (χ0) is 13.1. The largest absolute Gasteiger partial charge is 0.378 e. The van der Waals surface area contributed by atoms with Crippen LogP contribution in [0.25, 0.3) is 11.4 Å². The fourth-order valence-electron chi connectivity index (χ4n) is 2.39. The Bertz CT molecular complexity index is 586. The predicted molar refractivity (Wildman–Crippen MR) is 74.2 cm³/mol. The van der Waals surface area contributed by atoms with Gasteiger partial charge in [0.1, 0.15) is 0 Å². The first kappa shape index (κ1) is 12.5. The van der Waals surface area contributed by atoms with Gasteiger partial charge in [-0.15, -0.1) is 0 Å². The molecule has 0 spiro atoms. The van der Waals surface area contributed by atoms with Crippen LogP contribution in [0.5, 0.6) is 0 Å². The highest BCUT2D eigenvalue weighted by Gasteiger charge is 2.16. The minimum atomic E-state index is 0.363. The van der Waals surface area contributed by atoms with Gasteiger partial charge in [-0.3, -0.25) is 10.1 Å². The zero-order valence-electron chi connectivity index (χ0n) is 10.6. The summed E-state index contributed by atoms with van der Waals surface area (Å²) in [5.41, 5.74) is 1.02. The summed E-state index contributed by atoms with van der Waals surface area (Å²) in [7, 11) is 0. The van der Waals surface area contributed by atoms with Crippen LogP contribution >= 0.6 is 12.2 Å². The fraction of sp³-hybridized carbons (Fsp3) is 0.462. The first-order chi connectivity index (χ1) is 9.34. The van der Waals surface area contributed by atoms with Crippen molar-refractivity contribution in [3.63, 3.8) is 0 Å². The molecule has 19 heavy (non-hydrogen) atoms. The lowest BCUT2D eigenvalue weighted by Crippen LogP contribution is -2.11. The van der Waals surface area contributed by atoms with Gasteiger partial charge in [0.15, 0.2) is 10.6 Å². The molecule has 0 radical (unpaired) electrons. The van der Waals surface area contributed by atoms with Gasteiger partial charge in [0.05, 0.1) is 6.10 Å². The topological polar surface area (TPSA) is 55.7 Å². The average molecular weight is 276 g/mol. The molecule has 1 unspecified atom stereocenters. The molecule has 1 N–H and O–H groups in total. The number of nitrogens with one attached hydrogen (secondary N) is 1. The predicted octanol–water partition coefficient (Wildman–Crippen LogP) is 2.57. The Morgan fingerprint density at radius 2 is 2.26 bits per heavy atom. The number of nitrogens with zero attached hydrogens (tertiary/aromatic N) is 3. The van der Waals surface area contributed by atoms with Crippen LogP contribution in [0.15, 0.2) is 24.5 Å². The summed E-state index contributed by atoms with van der Waals surface area (Å²) in [4.78, 5) is 4.02. The summed E-state index contributed by atoms with van der Waals surface area (Å²) >= 11 is 5.30. The van der Waals surface area contributed by atoms with Crippen molar-refractivity contribution in [3.8, 4) is 11.4 Å². The van der Waals surface area contributed by atoms with Crippen molar-refractivity contribution < 1.29 is 4.74 Å². The molecule has 3 heterocycles. The molecule has 100 valence electrons. The number of aromatic amines is 1. The van der Waals surface area contributed by atoms with E-state index in [9.17, 15) is 0 Å². The number of aromatic nitrogens is 4. The molecular weight excluding hydrogens is 260 g/mol. The number of rotatable bonds is 4. The summed E-state index contributed by atoms with van der Waals surface area (Å²) in [5.74, 6) is 0.866. The van der Waals surface area contributed by atoms with Crippen molar-refractivity contribution in [1.29, 1.82) is 0 Å². The lowest BCUT2D eigenvalue weighted by molar-refractivity contribution is 0.100. The molecule has 1 aliphatic heterocycles. The second-order valence-electron chi connectivity index (χ2n) is 4.66. The van der Waals surface area contributed by atoms with E-state index in [-0.39, 0.29) is 0 Å². The highest BCUT2D eigenvalue weighted by atomic mass is 32.1. The summed E-state index contributed by atoms with van der Waals surface area (Å²) < 4.78 is 8.34. The van der Waals surface area contributed by atoms with E-state index in [4.69, 9.17) is 17.0 Å². The summed E-state index contributed by atoms with van der Waals surface area (Å²) in [6, 6.07) is 3.88. The van der Waals surface area contributed by atoms with Crippen molar-refractivity contribution >= 4 is 12.2 Å².